The van der Waals surface area contributed by atoms with Crippen molar-refractivity contribution in [1.82, 2.24) is 0 Å². The summed E-state index contributed by atoms with van der Waals surface area (Å²) < 4.78 is 8.28. The standard InChI is InChI=1S/6C10H13.2Sn/c6*1-10(2,3)9-7-5-4-6-8-9;;/h6*4-8H,1H2,2-3H3;;. The van der Waals surface area contributed by atoms with Gasteiger partial charge in [0, 0.05) is 0 Å². The van der Waals surface area contributed by atoms with Gasteiger partial charge in [-0.05, 0) is 0 Å². The number of hydrogen-bond acceptors (Lipinski definition) is 0. The fourth-order valence-corrected chi connectivity index (χ4v) is 37.1. The van der Waals surface area contributed by atoms with Crippen molar-refractivity contribution in [2.24, 2.45) is 0 Å². The van der Waals surface area contributed by atoms with Crippen molar-refractivity contribution in [3.05, 3.63) is 215 Å². The molecule has 0 heterocycles. The van der Waals surface area contributed by atoms with E-state index in [1.165, 1.54) is 60.0 Å². The molecule has 6 rings (SSSR count). The average Bonchev–Trinajstić information content (AvgIpc) is 3.25. The summed E-state index contributed by atoms with van der Waals surface area (Å²) in [6.45, 7) is 29.6. The maximum absolute atomic E-state index is 2.47. The minimum absolute atomic E-state index is 0.232. The first-order valence-electron chi connectivity index (χ1n) is 23.2. The van der Waals surface area contributed by atoms with Gasteiger partial charge in [0.25, 0.3) is 0 Å². The summed E-state index contributed by atoms with van der Waals surface area (Å²) in [4.78, 5) is 0. The Morgan fingerprint density at radius 2 is 0.323 bits per heavy atom. The molecule has 0 fully saturated rings. The molecule has 0 spiro atoms. The van der Waals surface area contributed by atoms with Gasteiger partial charge in [-0.3, -0.25) is 0 Å². The fourth-order valence-electron chi connectivity index (χ4n) is 10.1. The molecule has 0 aliphatic rings. The number of hydrogen-bond donors (Lipinski definition) is 0. The molecule has 0 nitrogen and oxygen atoms in total. The van der Waals surface area contributed by atoms with Crippen LogP contribution in [-0.2, 0) is 32.5 Å². The second kappa shape index (κ2) is 21.7. The van der Waals surface area contributed by atoms with E-state index in [0.29, 0.717) is 0 Å². The van der Waals surface area contributed by atoms with Crippen molar-refractivity contribution < 1.29 is 0 Å². The van der Waals surface area contributed by atoms with Crippen LogP contribution in [0.3, 0.4) is 0 Å². The third-order valence-corrected chi connectivity index (χ3v) is 37.2. The Morgan fingerprint density at radius 1 is 0.210 bits per heavy atom. The molecule has 6 aromatic carbocycles. The van der Waals surface area contributed by atoms with E-state index >= 15 is 0 Å². The van der Waals surface area contributed by atoms with E-state index in [2.05, 4.69) is 265 Å². The van der Waals surface area contributed by atoms with Crippen LogP contribution >= 0.6 is 0 Å². The first-order valence-corrected chi connectivity index (χ1v) is 35.3. The normalized spacial score (nSPS) is 12.9. The van der Waals surface area contributed by atoms with Crippen LogP contribution in [-0.4, -0.2) is 39.5 Å². The molecule has 2 heteroatoms. The Kier molecular flexibility index (Phi) is 17.5. The van der Waals surface area contributed by atoms with Gasteiger partial charge in [-0.2, -0.15) is 0 Å². The van der Waals surface area contributed by atoms with E-state index in [1.54, 1.807) is 0 Å². The summed E-state index contributed by atoms with van der Waals surface area (Å²) in [5.74, 6) is 0. The fraction of sp³-hybridized carbons (Fsp3) is 0.400. The molecule has 326 valence electrons. The van der Waals surface area contributed by atoms with Gasteiger partial charge in [0.1, 0.15) is 0 Å². The molecule has 0 saturated carbocycles. The van der Waals surface area contributed by atoms with Gasteiger partial charge >= 0.3 is 397 Å². The Hall–Kier alpha value is -3.08. The summed E-state index contributed by atoms with van der Waals surface area (Å²) in [6.07, 6.45) is 0. The van der Waals surface area contributed by atoms with Gasteiger partial charge in [-0.15, -0.1) is 0 Å². The molecule has 2 radical (unpaired) electrons. The molecule has 0 unspecified atom stereocenters. The predicted octanol–water partition coefficient (Wildman–Crippen LogP) is 16.8. The summed E-state index contributed by atoms with van der Waals surface area (Å²) >= 11 is -3.68. The van der Waals surface area contributed by atoms with Crippen molar-refractivity contribution in [2.45, 2.75) is 142 Å². The molecule has 0 aliphatic heterocycles. The Balaban J connectivity index is 0.000000234. The average molecular weight is 1040 g/mol. The van der Waals surface area contributed by atoms with Crippen LogP contribution in [0.2, 0.25) is 26.6 Å². The Morgan fingerprint density at radius 3 is 0.435 bits per heavy atom. The first kappa shape index (κ1) is 49.9. The zero-order chi connectivity index (χ0) is 45.1. The van der Waals surface area contributed by atoms with E-state index in [1.807, 2.05) is 0 Å². The van der Waals surface area contributed by atoms with E-state index in [-0.39, 0.29) is 32.5 Å². The topological polar surface area (TPSA) is 0 Å². The van der Waals surface area contributed by atoms with Gasteiger partial charge < -0.3 is 0 Å². The third-order valence-electron chi connectivity index (χ3n) is 13.5. The molecule has 6 aromatic rings. The van der Waals surface area contributed by atoms with E-state index in [0.717, 1.165) is 0 Å². The van der Waals surface area contributed by atoms with Crippen molar-refractivity contribution >= 4 is 39.5 Å². The van der Waals surface area contributed by atoms with Gasteiger partial charge in [0.05, 0.1) is 0 Å². The van der Waals surface area contributed by atoms with Gasteiger partial charge in [-0.1, -0.05) is 0 Å². The Bertz CT molecular complexity index is 1750. The number of benzene rings is 6. The van der Waals surface area contributed by atoms with Gasteiger partial charge in [0.2, 0.25) is 0 Å². The predicted molar refractivity (Wildman–Crippen MR) is 277 cm³/mol. The van der Waals surface area contributed by atoms with Crippen LogP contribution in [0.25, 0.3) is 0 Å². The first-order chi connectivity index (χ1) is 29.2. The molecular weight excluding hydrogens is 958 g/mol. The second-order valence-electron chi connectivity index (χ2n) is 22.1. The summed E-state index contributed by atoms with van der Waals surface area (Å²) in [5, 5.41) is 0. The molecule has 0 atom stereocenters. The van der Waals surface area contributed by atoms with Crippen LogP contribution in [0, 0.1) is 0 Å². The van der Waals surface area contributed by atoms with Crippen molar-refractivity contribution in [1.29, 1.82) is 0 Å². The van der Waals surface area contributed by atoms with Crippen molar-refractivity contribution in [2.75, 3.05) is 0 Å². The SMILES string of the molecule is CC(C)([CH2][Sn]([CH2]C(C)(C)c1ccccc1)[CH2]C(C)(C)c1ccccc1)c1ccccc1.CC(C)([CH2][Sn]([CH2]C(C)(C)c1ccccc1)[CH2]C(C)(C)c1ccccc1)c1ccccc1. The van der Waals surface area contributed by atoms with Crippen LogP contribution < -0.4 is 0 Å². The van der Waals surface area contributed by atoms with Crippen molar-refractivity contribution in [3.63, 3.8) is 0 Å². The zero-order valence-corrected chi connectivity index (χ0v) is 46.3. The van der Waals surface area contributed by atoms with E-state index in [4.69, 9.17) is 0 Å². The molecule has 0 amide bonds. The van der Waals surface area contributed by atoms with Crippen LogP contribution in [0.15, 0.2) is 182 Å². The molecule has 0 bridgehead atoms. The molecule has 0 N–H and O–H groups in total. The van der Waals surface area contributed by atoms with Crippen LogP contribution in [0.4, 0.5) is 0 Å². The zero-order valence-electron chi connectivity index (χ0n) is 40.6. The second-order valence-corrected chi connectivity index (χ2v) is 36.7. The molecule has 62 heavy (non-hydrogen) atoms. The van der Waals surface area contributed by atoms with E-state index < -0.39 is 39.5 Å². The van der Waals surface area contributed by atoms with Crippen LogP contribution in [0.1, 0.15) is 116 Å². The summed E-state index contributed by atoms with van der Waals surface area (Å²) in [5.41, 5.74) is 10.3. The summed E-state index contributed by atoms with van der Waals surface area (Å²) in [6, 6.07) is 67.1. The number of rotatable bonds is 18. The summed E-state index contributed by atoms with van der Waals surface area (Å²) in [7, 11) is 0. The Labute approximate surface area is 393 Å². The molecule has 0 saturated heterocycles. The van der Waals surface area contributed by atoms with Crippen molar-refractivity contribution in [3.8, 4) is 0 Å². The van der Waals surface area contributed by atoms with Gasteiger partial charge in [0.15, 0.2) is 0 Å². The van der Waals surface area contributed by atoms with E-state index in [9.17, 15) is 0 Å². The minimum atomic E-state index is -1.84. The van der Waals surface area contributed by atoms with Crippen LogP contribution in [0.5, 0.6) is 0 Å². The third kappa shape index (κ3) is 14.5. The quantitative estimate of drug-likeness (QED) is 0.0753. The van der Waals surface area contributed by atoms with Gasteiger partial charge in [-0.25, -0.2) is 0 Å². The molecule has 0 aromatic heterocycles. The molecular formula is C60H78Sn2. The monoisotopic (exact) mass is 1040 g/mol. The maximum atomic E-state index is 2.47. The molecule has 0 aliphatic carbocycles.